The number of benzene rings is 1. The van der Waals surface area contributed by atoms with Crippen LogP contribution in [0.3, 0.4) is 0 Å². The minimum Gasteiger partial charge on any atom is -0.497 e. The Kier molecular flexibility index (Phi) is 5.61. The maximum absolute atomic E-state index is 13.8. The van der Waals surface area contributed by atoms with Crippen LogP contribution in [0.1, 0.15) is 19.4 Å². The van der Waals surface area contributed by atoms with Crippen LogP contribution in [0.2, 0.25) is 0 Å². The van der Waals surface area contributed by atoms with Gasteiger partial charge in [0.15, 0.2) is 0 Å². The monoisotopic (exact) mass is 347 g/mol. The summed E-state index contributed by atoms with van der Waals surface area (Å²) in [7, 11) is -2.18. The quantitative estimate of drug-likeness (QED) is 0.843. The lowest BCUT2D eigenvalue weighted by Gasteiger charge is -2.35. The van der Waals surface area contributed by atoms with Crippen molar-refractivity contribution in [2.75, 3.05) is 26.1 Å². The summed E-state index contributed by atoms with van der Waals surface area (Å²) in [5.74, 6) is -0.372. The molecule has 0 spiro atoms. The number of hydrogen-bond donors (Lipinski definition) is 1. The van der Waals surface area contributed by atoms with E-state index in [0.29, 0.717) is 12.4 Å². The molecule has 23 heavy (non-hydrogen) atoms. The van der Waals surface area contributed by atoms with E-state index >= 15 is 0 Å². The highest BCUT2D eigenvalue weighted by molar-refractivity contribution is 7.89. The third-order valence-electron chi connectivity index (χ3n) is 3.39. The van der Waals surface area contributed by atoms with Crippen LogP contribution in [0.4, 0.5) is 4.39 Å². The molecule has 2 rings (SSSR count). The molecule has 0 bridgehead atoms. The van der Waals surface area contributed by atoms with E-state index in [1.54, 1.807) is 6.07 Å². The second-order valence-electron chi connectivity index (χ2n) is 6.07. The molecule has 1 heterocycles. The molecule has 1 saturated heterocycles. The molecule has 1 unspecified atom stereocenters. The highest BCUT2D eigenvalue weighted by Crippen LogP contribution is 2.20. The SMILES string of the molecule is COc1ccc(CNS(=O)(=O)CC2COCC(C)(C)O2)c(F)c1. The van der Waals surface area contributed by atoms with Gasteiger partial charge in [0.05, 0.1) is 37.8 Å². The molecule has 0 aromatic heterocycles. The van der Waals surface area contributed by atoms with Crippen LogP contribution in [-0.2, 0) is 26.0 Å². The number of ether oxygens (including phenoxy) is 3. The van der Waals surface area contributed by atoms with E-state index < -0.39 is 27.5 Å². The Hall–Kier alpha value is -1.22. The Balaban J connectivity index is 1.94. The van der Waals surface area contributed by atoms with Gasteiger partial charge in [0.25, 0.3) is 0 Å². The lowest BCUT2D eigenvalue weighted by molar-refractivity contribution is -0.174. The van der Waals surface area contributed by atoms with E-state index in [9.17, 15) is 12.8 Å². The smallest absolute Gasteiger partial charge is 0.214 e. The maximum Gasteiger partial charge on any atom is 0.214 e. The molecule has 0 amide bonds. The maximum atomic E-state index is 13.8. The van der Waals surface area contributed by atoms with Gasteiger partial charge < -0.3 is 14.2 Å². The lowest BCUT2D eigenvalue weighted by atomic mass is 10.1. The van der Waals surface area contributed by atoms with Gasteiger partial charge >= 0.3 is 0 Å². The molecule has 6 nitrogen and oxygen atoms in total. The van der Waals surface area contributed by atoms with E-state index in [1.165, 1.54) is 19.2 Å². The van der Waals surface area contributed by atoms with Gasteiger partial charge in [0.2, 0.25) is 10.0 Å². The molecule has 1 aliphatic rings. The number of rotatable bonds is 6. The van der Waals surface area contributed by atoms with Gasteiger partial charge in [-0.05, 0) is 19.9 Å². The molecule has 8 heteroatoms. The van der Waals surface area contributed by atoms with Crippen molar-refractivity contribution >= 4 is 10.0 Å². The number of nitrogens with one attached hydrogen (secondary N) is 1. The van der Waals surface area contributed by atoms with E-state index in [1.807, 2.05) is 13.8 Å². The Morgan fingerprint density at radius 1 is 1.43 bits per heavy atom. The van der Waals surface area contributed by atoms with Crippen molar-refractivity contribution in [2.45, 2.75) is 32.1 Å². The van der Waals surface area contributed by atoms with E-state index in [0.717, 1.165) is 0 Å². The normalized spacial score (nSPS) is 21.1. The highest BCUT2D eigenvalue weighted by Gasteiger charge is 2.32. The van der Waals surface area contributed by atoms with E-state index in [4.69, 9.17) is 14.2 Å². The fraction of sp³-hybridized carbons (Fsp3) is 0.600. The van der Waals surface area contributed by atoms with Crippen LogP contribution in [0, 0.1) is 5.82 Å². The minimum atomic E-state index is -3.61. The van der Waals surface area contributed by atoms with Crippen LogP contribution < -0.4 is 9.46 Å². The highest BCUT2D eigenvalue weighted by atomic mass is 32.2. The van der Waals surface area contributed by atoms with Crippen LogP contribution >= 0.6 is 0 Å². The first-order chi connectivity index (χ1) is 10.7. The predicted octanol–water partition coefficient (Wildman–Crippen LogP) is 1.45. The van der Waals surface area contributed by atoms with Crippen molar-refractivity contribution in [1.82, 2.24) is 4.72 Å². The first-order valence-electron chi connectivity index (χ1n) is 7.26. The van der Waals surface area contributed by atoms with Crippen molar-refractivity contribution in [3.63, 3.8) is 0 Å². The molecule has 0 saturated carbocycles. The molecule has 1 N–H and O–H groups in total. The molecule has 0 aliphatic carbocycles. The molecule has 1 fully saturated rings. The van der Waals surface area contributed by atoms with Gasteiger partial charge in [-0.2, -0.15) is 0 Å². The van der Waals surface area contributed by atoms with Crippen LogP contribution in [0.5, 0.6) is 5.75 Å². The number of hydrogen-bond acceptors (Lipinski definition) is 5. The average Bonchev–Trinajstić information content (AvgIpc) is 2.44. The Morgan fingerprint density at radius 3 is 2.78 bits per heavy atom. The van der Waals surface area contributed by atoms with E-state index in [2.05, 4.69) is 4.72 Å². The average molecular weight is 347 g/mol. The molecule has 1 aromatic carbocycles. The summed E-state index contributed by atoms with van der Waals surface area (Å²) in [5.41, 5.74) is -0.268. The number of sulfonamides is 1. The zero-order chi connectivity index (χ0) is 17.1. The summed E-state index contributed by atoms with van der Waals surface area (Å²) in [6.45, 7) is 4.20. The first-order valence-corrected chi connectivity index (χ1v) is 8.91. The zero-order valence-electron chi connectivity index (χ0n) is 13.5. The van der Waals surface area contributed by atoms with Crippen molar-refractivity contribution in [3.05, 3.63) is 29.6 Å². The van der Waals surface area contributed by atoms with Gasteiger partial charge in [-0.3, -0.25) is 0 Å². The predicted molar refractivity (Wildman–Crippen MR) is 83.3 cm³/mol. The van der Waals surface area contributed by atoms with Crippen LogP contribution in [-0.4, -0.2) is 46.2 Å². The van der Waals surface area contributed by atoms with E-state index in [-0.39, 0.29) is 24.5 Å². The number of methoxy groups -OCH3 is 1. The van der Waals surface area contributed by atoms with Gasteiger partial charge in [0.1, 0.15) is 11.6 Å². The third-order valence-corrected chi connectivity index (χ3v) is 4.78. The molecule has 1 aliphatic heterocycles. The Labute approximate surface area is 136 Å². The summed E-state index contributed by atoms with van der Waals surface area (Å²) >= 11 is 0. The standard InChI is InChI=1S/C15H22FNO5S/c1-15(2)10-21-8-13(22-15)9-23(18,19)17-7-11-4-5-12(20-3)6-14(11)16/h4-6,13,17H,7-10H2,1-3H3. The summed E-state index contributed by atoms with van der Waals surface area (Å²) in [5, 5.41) is 0. The molecular weight excluding hydrogens is 325 g/mol. The largest absolute Gasteiger partial charge is 0.497 e. The lowest BCUT2D eigenvalue weighted by Crippen LogP contribution is -2.47. The minimum absolute atomic E-state index is 0.130. The second kappa shape index (κ2) is 7.12. The Bertz CT molecular complexity index is 647. The fourth-order valence-corrected chi connectivity index (χ4v) is 3.47. The number of halogens is 1. The summed E-state index contributed by atoms with van der Waals surface area (Å²) < 4.78 is 56.4. The molecule has 1 aromatic rings. The van der Waals surface area contributed by atoms with Crippen LogP contribution in [0.15, 0.2) is 18.2 Å². The summed E-state index contributed by atoms with van der Waals surface area (Å²) in [6, 6.07) is 4.28. The van der Waals surface area contributed by atoms with Crippen molar-refractivity contribution in [1.29, 1.82) is 0 Å². The van der Waals surface area contributed by atoms with Crippen molar-refractivity contribution < 1.29 is 27.0 Å². The van der Waals surface area contributed by atoms with Crippen molar-refractivity contribution in [2.24, 2.45) is 0 Å². The molecule has 0 radical (unpaired) electrons. The van der Waals surface area contributed by atoms with Gasteiger partial charge in [-0.25, -0.2) is 17.5 Å². The summed E-state index contributed by atoms with van der Waals surface area (Å²) in [4.78, 5) is 0. The van der Waals surface area contributed by atoms with Gasteiger partial charge in [-0.15, -0.1) is 0 Å². The molecule has 130 valence electrons. The zero-order valence-corrected chi connectivity index (χ0v) is 14.3. The van der Waals surface area contributed by atoms with Gasteiger partial charge in [0, 0.05) is 18.2 Å². The third kappa shape index (κ3) is 5.42. The van der Waals surface area contributed by atoms with Crippen molar-refractivity contribution in [3.8, 4) is 5.75 Å². The van der Waals surface area contributed by atoms with Crippen LogP contribution in [0.25, 0.3) is 0 Å². The first kappa shape index (κ1) is 18.1. The second-order valence-corrected chi connectivity index (χ2v) is 7.93. The summed E-state index contributed by atoms with van der Waals surface area (Å²) in [6.07, 6.45) is -0.544. The van der Waals surface area contributed by atoms with Gasteiger partial charge in [-0.1, -0.05) is 6.07 Å². The molecular formula is C15H22FNO5S. The topological polar surface area (TPSA) is 73.9 Å². The fourth-order valence-electron chi connectivity index (χ4n) is 2.33. The molecule has 1 atom stereocenters. The Morgan fingerprint density at radius 2 is 2.17 bits per heavy atom.